The molecule has 0 bridgehead atoms. The second-order valence-corrected chi connectivity index (χ2v) is 5.64. The van der Waals surface area contributed by atoms with Crippen molar-refractivity contribution in [1.29, 1.82) is 0 Å². The van der Waals surface area contributed by atoms with Crippen LogP contribution in [0.2, 0.25) is 0 Å². The second-order valence-electron chi connectivity index (χ2n) is 5.64. The van der Waals surface area contributed by atoms with Crippen molar-refractivity contribution in [3.63, 3.8) is 0 Å². The van der Waals surface area contributed by atoms with Gasteiger partial charge in [-0.1, -0.05) is 33.1 Å². The van der Waals surface area contributed by atoms with Crippen LogP contribution in [0.15, 0.2) is 0 Å². The van der Waals surface area contributed by atoms with E-state index in [2.05, 4.69) is 0 Å². The maximum Gasteiger partial charge on any atom is 0.305 e. The summed E-state index contributed by atoms with van der Waals surface area (Å²) in [7, 11) is 0. The summed E-state index contributed by atoms with van der Waals surface area (Å²) in [6.45, 7) is 3.90. The standard InChI is InChI=1S/C14H26O5/c1-14(2,10-15)11-19-13(18)9-7-5-3-4-6-8-12(16)17/h15H,3-11H2,1-2H3,(H,16,17). The molecule has 0 aliphatic rings. The third kappa shape index (κ3) is 11.7. The van der Waals surface area contributed by atoms with E-state index in [1.54, 1.807) is 0 Å². The van der Waals surface area contributed by atoms with E-state index >= 15 is 0 Å². The normalized spacial score (nSPS) is 11.3. The van der Waals surface area contributed by atoms with Crippen LogP contribution in [-0.4, -0.2) is 35.4 Å². The average molecular weight is 274 g/mol. The number of aliphatic hydroxyl groups is 1. The summed E-state index contributed by atoms with van der Waals surface area (Å²) in [6, 6.07) is 0. The van der Waals surface area contributed by atoms with Crippen LogP contribution in [0, 0.1) is 5.41 Å². The van der Waals surface area contributed by atoms with Crippen molar-refractivity contribution < 1.29 is 24.5 Å². The number of hydrogen-bond acceptors (Lipinski definition) is 4. The van der Waals surface area contributed by atoms with Crippen LogP contribution in [-0.2, 0) is 14.3 Å². The van der Waals surface area contributed by atoms with Crippen molar-refractivity contribution in [2.75, 3.05) is 13.2 Å². The largest absolute Gasteiger partial charge is 0.481 e. The zero-order valence-corrected chi connectivity index (χ0v) is 12.0. The summed E-state index contributed by atoms with van der Waals surface area (Å²) >= 11 is 0. The third-order valence-electron chi connectivity index (χ3n) is 2.82. The number of unbranched alkanes of at least 4 members (excludes halogenated alkanes) is 4. The maximum atomic E-state index is 11.4. The SMILES string of the molecule is CC(C)(CO)COC(=O)CCCCCCCC(=O)O. The summed E-state index contributed by atoms with van der Waals surface area (Å²) in [5.74, 6) is -0.984. The molecule has 0 amide bonds. The van der Waals surface area contributed by atoms with E-state index in [0.29, 0.717) is 12.8 Å². The number of aliphatic hydroxyl groups excluding tert-OH is 1. The molecule has 5 nitrogen and oxygen atoms in total. The smallest absolute Gasteiger partial charge is 0.305 e. The highest BCUT2D eigenvalue weighted by molar-refractivity contribution is 5.69. The molecule has 0 fully saturated rings. The Morgan fingerprint density at radius 2 is 1.53 bits per heavy atom. The monoisotopic (exact) mass is 274 g/mol. The molecule has 0 aromatic heterocycles. The lowest BCUT2D eigenvalue weighted by atomic mass is 9.96. The van der Waals surface area contributed by atoms with Gasteiger partial charge in [-0.2, -0.15) is 0 Å². The molecule has 0 atom stereocenters. The lowest BCUT2D eigenvalue weighted by Gasteiger charge is -2.20. The van der Waals surface area contributed by atoms with Gasteiger partial charge in [0.25, 0.3) is 0 Å². The van der Waals surface area contributed by atoms with Gasteiger partial charge in [-0.15, -0.1) is 0 Å². The maximum absolute atomic E-state index is 11.4. The molecule has 19 heavy (non-hydrogen) atoms. The Bertz CT molecular complexity index is 273. The Labute approximate surface area is 115 Å². The van der Waals surface area contributed by atoms with E-state index in [1.807, 2.05) is 13.8 Å². The van der Waals surface area contributed by atoms with E-state index in [9.17, 15) is 9.59 Å². The minimum absolute atomic E-state index is 0.0101. The van der Waals surface area contributed by atoms with Gasteiger partial charge in [0.2, 0.25) is 0 Å². The minimum Gasteiger partial charge on any atom is -0.481 e. The van der Waals surface area contributed by atoms with Crippen LogP contribution in [0.1, 0.15) is 58.8 Å². The van der Waals surface area contributed by atoms with Crippen molar-refractivity contribution in [2.24, 2.45) is 5.41 Å². The molecule has 5 heteroatoms. The first kappa shape index (κ1) is 17.9. The molecule has 0 rings (SSSR count). The molecule has 0 unspecified atom stereocenters. The van der Waals surface area contributed by atoms with Crippen molar-refractivity contribution >= 4 is 11.9 Å². The molecule has 0 radical (unpaired) electrons. The summed E-state index contributed by atoms with van der Waals surface area (Å²) in [4.78, 5) is 21.7. The van der Waals surface area contributed by atoms with Crippen LogP contribution >= 0.6 is 0 Å². The number of carbonyl (C=O) groups excluding carboxylic acids is 1. The van der Waals surface area contributed by atoms with Gasteiger partial charge in [-0.25, -0.2) is 0 Å². The molecule has 0 aromatic rings. The van der Waals surface area contributed by atoms with Crippen LogP contribution in [0.3, 0.4) is 0 Å². The zero-order chi connectivity index (χ0) is 14.7. The molecule has 0 aliphatic carbocycles. The highest BCUT2D eigenvalue weighted by atomic mass is 16.5. The van der Waals surface area contributed by atoms with Gasteiger partial charge in [-0.05, 0) is 12.8 Å². The highest BCUT2D eigenvalue weighted by Gasteiger charge is 2.18. The fourth-order valence-corrected chi connectivity index (χ4v) is 1.47. The Kier molecular flexibility index (Phi) is 9.21. The molecule has 2 N–H and O–H groups in total. The van der Waals surface area contributed by atoms with Gasteiger partial charge in [0, 0.05) is 18.3 Å². The van der Waals surface area contributed by atoms with E-state index in [4.69, 9.17) is 14.9 Å². The lowest BCUT2D eigenvalue weighted by molar-refractivity contribution is -0.147. The van der Waals surface area contributed by atoms with Gasteiger partial charge in [0.05, 0.1) is 13.2 Å². The number of ether oxygens (including phenoxy) is 1. The predicted molar refractivity (Wildman–Crippen MR) is 71.8 cm³/mol. The molecule has 0 aromatic carbocycles. The number of carboxylic acids is 1. The number of aliphatic carboxylic acids is 1. The molecule has 0 saturated carbocycles. The number of carboxylic acid groups (broad SMARTS) is 1. The first-order valence-electron chi connectivity index (χ1n) is 6.86. The second kappa shape index (κ2) is 9.78. The minimum atomic E-state index is -0.755. The van der Waals surface area contributed by atoms with Gasteiger partial charge in [-0.3, -0.25) is 9.59 Å². The van der Waals surface area contributed by atoms with Crippen molar-refractivity contribution in [2.45, 2.75) is 58.8 Å². The summed E-state index contributed by atoms with van der Waals surface area (Å²) in [6.07, 6.45) is 4.83. The van der Waals surface area contributed by atoms with Gasteiger partial charge >= 0.3 is 11.9 Å². The molecule has 0 heterocycles. The first-order valence-corrected chi connectivity index (χ1v) is 6.86. The predicted octanol–water partition coefficient (Wildman–Crippen LogP) is 2.36. The van der Waals surface area contributed by atoms with Gasteiger partial charge in [0.15, 0.2) is 0 Å². The van der Waals surface area contributed by atoms with E-state index in [1.165, 1.54) is 0 Å². The third-order valence-corrected chi connectivity index (χ3v) is 2.82. The van der Waals surface area contributed by atoms with E-state index in [0.717, 1.165) is 25.7 Å². The zero-order valence-electron chi connectivity index (χ0n) is 12.0. The van der Waals surface area contributed by atoms with Crippen LogP contribution in [0.4, 0.5) is 0 Å². The Balaban J connectivity index is 3.41. The molecular weight excluding hydrogens is 248 g/mol. The number of rotatable bonds is 11. The summed E-state index contributed by atoms with van der Waals surface area (Å²) in [5.41, 5.74) is -0.382. The topological polar surface area (TPSA) is 83.8 Å². The van der Waals surface area contributed by atoms with Crippen LogP contribution in [0.5, 0.6) is 0 Å². The highest BCUT2D eigenvalue weighted by Crippen LogP contribution is 2.14. The first-order chi connectivity index (χ1) is 8.87. The van der Waals surface area contributed by atoms with Crippen LogP contribution in [0.25, 0.3) is 0 Å². The van der Waals surface area contributed by atoms with Crippen molar-refractivity contribution in [3.05, 3.63) is 0 Å². The van der Waals surface area contributed by atoms with Crippen molar-refractivity contribution in [3.8, 4) is 0 Å². The molecule has 112 valence electrons. The van der Waals surface area contributed by atoms with E-state index in [-0.39, 0.29) is 31.0 Å². The molecule has 0 aliphatic heterocycles. The van der Waals surface area contributed by atoms with Gasteiger partial charge in [0.1, 0.15) is 0 Å². The van der Waals surface area contributed by atoms with Crippen LogP contribution < -0.4 is 0 Å². The number of esters is 1. The lowest BCUT2D eigenvalue weighted by Crippen LogP contribution is -2.25. The molecule has 0 spiro atoms. The average Bonchev–Trinajstić information content (AvgIpc) is 2.35. The summed E-state index contributed by atoms with van der Waals surface area (Å²) in [5, 5.41) is 17.5. The molecule has 0 saturated heterocycles. The van der Waals surface area contributed by atoms with Gasteiger partial charge < -0.3 is 14.9 Å². The Hall–Kier alpha value is -1.10. The Morgan fingerprint density at radius 3 is 2.05 bits per heavy atom. The number of hydrogen-bond donors (Lipinski definition) is 2. The Morgan fingerprint density at radius 1 is 1.00 bits per heavy atom. The van der Waals surface area contributed by atoms with E-state index < -0.39 is 5.97 Å². The quantitative estimate of drug-likeness (QED) is 0.446. The number of carbonyl (C=O) groups is 2. The fraction of sp³-hybridized carbons (Fsp3) is 0.857. The van der Waals surface area contributed by atoms with Crippen molar-refractivity contribution in [1.82, 2.24) is 0 Å². The fourth-order valence-electron chi connectivity index (χ4n) is 1.47. The summed E-state index contributed by atoms with van der Waals surface area (Å²) < 4.78 is 5.08. The molecular formula is C14H26O5.